The number of anilines is 1. The van der Waals surface area contributed by atoms with E-state index in [2.05, 4.69) is 5.32 Å². The zero-order chi connectivity index (χ0) is 15.6. The van der Waals surface area contributed by atoms with E-state index in [0.717, 1.165) is 11.1 Å². The van der Waals surface area contributed by atoms with Crippen molar-refractivity contribution in [2.24, 2.45) is 0 Å². The lowest BCUT2D eigenvalue weighted by Crippen LogP contribution is -2.14. The molecule has 0 spiro atoms. The largest absolute Gasteiger partial charge is 0.507 e. The molecule has 0 aliphatic carbocycles. The highest BCUT2D eigenvalue weighted by atomic mass is 16.4. The van der Waals surface area contributed by atoms with Crippen molar-refractivity contribution in [3.05, 3.63) is 58.7 Å². The van der Waals surface area contributed by atoms with E-state index in [1.165, 1.54) is 18.2 Å². The number of carboxylic acid groups (broad SMARTS) is 1. The molecule has 2 aromatic carbocycles. The van der Waals surface area contributed by atoms with Crippen LogP contribution >= 0.6 is 0 Å². The minimum atomic E-state index is -1.25. The molecule has 108 valence electrons. The van der Waals surface area contributed by atoms with Crippen LogP contribution in [0.25, 0.3) is 0 Å². The first-order valence-electron chi connectivity index (χ1n) is 6.33. The van der Waals surface area contributed by atoms with Crippen LogP contribution in [0, 0.1) is 13.8 Å². The summed E-state index contributed by atoms with van der Waals surface area (Å²) >= 11 is 0. The van der Waals surface area contributed by atoms with Crippen LogP contribution in [-0.4, -0.2) is 22.1 Å². The number of carboxylic acids is 1. The zero-order valence-corrected chi connectivity index (χ0v) is 11.7. The van der Waals surface area contributed by atoms with E-state index in [1.54, 1.807) is 6.07 Å². The second-order valence-corrected chi connectivity index (χ2v) is 4.81. The Bertz CT molecular complexity index is 722. The Kier molecular flexibility index (Phi) is 3.93. The predicted octanol–water partition coefficient (Wildman–Crippen LogP) is 2.96. The van der Waals surface area contributed by atoms with Gasteiger partial charge in [0.15, 0.2) is 0 Å². The number of nitrogens with one attached hydrogen (secondary N) is 1. The SMILES string of the molecule is Cc1ccc(C)c(C(=O)Nc2ccc(O)c(C(=O)O)c2)c1. The number of phenols is 1. The minimum absolute atomic E-state index is 0.256. The van der Waals surface area contributed by atoms with Gasteiger partial charge in [-0.25, -0.2) is 4.79 Å². The topological polar surface area (TPSA) is 86.6 Å². The van der Waals surface area contributed by atoms with Crippen molar-refractivity contribution in [3.63, 3.8) is 0 Å². The maximum absolute atomic E-state index is 12.2. The fraction of sp³-hybridized carbons (Fsp3) is 0.125. The molecule has 0 aliphatic heterocycles. The van der Waals surface area contributed by atoms with Gasteiger partial charge in [0, 0.05) is 11.3 Å². The van der Waals surface area contributed by atoms with Crippen LogP contribution in [-0.2, 0) is 0 Å². The number of aryl methyl sites for hydroxylation is 2. The first-order chi connectivity index (χ1) is 9.88. The molecule has 0 heterocycles. The molecular weight excluding hydrogens is 270 g/mol. The van der Waals surface area contributed by atoms with Crippen LogP contribution < -0.4 is 5.32 Å². The van der Waals surface area contributed by atoms with Crippen molar-refractivity contribution < 1.29 is 19.8 Å². The first-order valence-corrected chi connectivity index (χ1v) is 6.33. The van der Waals surface area contributed by atoms with Gasteiger partial charge >= 0.3 is 5.97 Å². The second-order valence-electron chi connectivity index (χ2n) is 4.81. The molecule has 2 rings (SSSR count). The number of amides is 1. The van der Waals surface area contributed by atoms with E-state index >= 15 is 0 Å². The summed E-state index contributed by atoms with van der Waals surface area (Å²) in [4.78, 5) is 23.2. The van der Waals surface area contributed by atoms with Gasteiger partial charge in [-0.15, -0.1) is 0 Å². The number of aromatic hydroxyl groups is 1. The molecule has 0 bridgehead atoms. The van der Waals surface area contributed by atoms with Crippen LogP contribution in [0.15, 0.2) is 36.4 Å². The molecule has 2 aromatic rings. The molecular formula is C16H15NO4. The van der Waals surface area contributed by atoms with Gasteiger partial charge in [0.2, 0.25) is 0 Å². The Morgan fingerprint density at radius 1 is 1.00 bits per heavy atom. The fourth-order valence-electron chi connectivity index (χ4n) is 1.96. The molecule has 5 heteroatoms. The highest BCUT2D eigenvalue weighted by Crippen LogP contribution is 2.22. The van der Waals surface area contributed by atoms with Crippen LogP contribution in [0.5, 0.6) is 5.75 Å². The number of hydrogen-bond acceptors (Lipinski definition) is 3. The van der Waals surface area contributed by atoms with E-state index in [9.17, 15) is 14.7 Å². The predicted molar refractivity (Wildman–Crippen MR) is 78.9 cm³/mol. The normalized spacial score (nSPS) is 10.2. The van der Waals surface area contributed by atoms with Crippen LogP contribution in [0.2, 0.25) is 0 Å². The third kappa shape index (κ3) is 3.20. The van der Waals surface area contributed by atoms with Crippen LogP contribution in [0.3, 0.4) is 0 Å². The summed E-state index contributed by atoms with van der Waals surface area (Å²) in [5, 5.41) is 21.0. The molecule has 0 aromatic heterocycles. The lowest BCUT2D eigenvalue weighted by atomic mass is 10.0. The number of carbonyl (C=O) groups is 2. The zero-order valence-electron chi connectivity index (χ0n) is 11.7. The summed E-state index contributed by atoms with van der Waals surface area (Å²) in [6, 6.07) is 9.44. The van der Waals surface area contributed by atoms with E-state index in [-0.39, 0.29) is 17.2 Å². The molecule has 0 fully saturated rings. The second kappa shape index (κ2) is 5.66. The van der Waals surface area contributed by atoms with Crippen molar-refractivity contribution >= 4 is 17.6 Å². The third-order valence-corrected chi connectivity index (χ3v) is 3.12. The maximum Gasteiger partial charge on any atom is 0.339 e. The third-order valence-electron chi connectivity index (χ3n) is 3.12. The molecule has 21 heavy (non-hydrogen) atoms. The van der Waals surface area contributed by atoms with Gasteiger partial charge in [-0.2, -0.15) is 0 Å². The summed E-state index contributed by atoms with van der Waals surface area (Å²) in [5.41, 5.74) is 2.38. The Labute approximate surface area is 121 Å². The van der Waals surface area contributed by atoms with Crippen molar-refractivity contribution in [1.29, 1.82) is 0 Å². The van der Waals surface area contributed by atoms with Gasteiger partial charge in [-0.3, -0.25) is 4.79 Å². The summed E-state index contributed by atoms with van der Waals surface area (Å²) in [6.07, 6.45) is 0. The maximum atomic E-state index is 12.2. The smallest absolute Gasteiger partial charge is 0.339 e. The Hall–Kier alpha value is -2.82. The average Bonchev–Trinajstić information content (AvgIpc) is 2.43. The molecule has 0 atom stereocenters. The number of rotatable bonds is 3. The number of benzene rings is 2. The van der Waals surface area contributed by atoms with Crippen molar-refractivity contribution in [3.8, 4) is 5.75 Å². The van der Waals surface area contributed by atoms with Gasteiger partial charge in [0.1, 0.15) is 11.3 Å². The van der Waals surface area contributed by atoms with Crippen LogP contribution in [0.1, 0.15) is 31.8 Å². The van der Waals surface area contributed by atoms with E-state index in [1.807, 2.05) is 26.0 Å². The van der Waals surface area contributed by atoms with Gasteiger partial charge in [-0.05, 0) is 43.7 Å². The number of aromatic carboxylic acids is 1. The average molecular weight is 285 g/mol. The van der Waals surface area contributed by atoms with Gasteiger partial charge < -0.3 is 15.5 Å². The molecule has 0 radical (unpaired) electrons. The summed E-state index contributed by atoms with van der Waals surface area (Å²) in [5.74, 6) is -1.92. The van der Waals surface area contributed by atoms with Gasteiger partial charge in [-0.1, -0.05) is 17.7 Å². The number of hydrogen-bond donors (Lipinski definition) is 3. The monoisotopic (exact) mass is 285 g/mol. The summed E-state index contributed by atoms with van der Waals surface area (Å²) in [6.45, 7) is 3.72. The van der Waals surface area contributed by atoms with E-state index in [0.29, 0.717) is 11.3 Å². The van der Waals surface area contributed by atoms with E-state index < -0.39 is 5.97 Å². The highest BCUT2D eigenvalue weighted by Gasteiger charge is 2.13. The van der Waals surface area contributed by atoms with Crippen LogP contribution in [0.4, 0.5) is 5.69 Å². The fourth-order valence-corrected chi connectivity index (χ4v) is 1.96. The van der Waals surface area contributed by atoms with Crippen molar-refractivity contribution in [2.45, 2.75) is 13.8 Å². The molecule has 3 N–H and O–H groups in total. The molecule has 0 aliphatic rings. The summed E-state index contributed by atoms with van der Waals surface area (Å²) in [7, 11) is 0. The number of carbonyl (C=O) groups excluding carboxylic acids is 1. The lowest BCUT2D eigenvalue weighted by Gasteiger charge is -2.09. The Morgan fingerprint density at radius 3 is 2.38 bits per heavy atom. The molecule has 0 unspecified atom stereocenters. The Balaban J connectivity index is 2.29. The Morgan fingerprint density at radius 2 is 1.71 bits per heavy atom. The standard InChI is InChI=1S/C16H15NO4/c1-9-3-4-10(2)12(7-9)15(19)17-11-5-6-14(18)13(8-11)16(20)21/h3-8,18H,1-2H3,(H,17,19)(H,20,21). The lowest BCUT2D eigenvalue weighted by molar-refractivity contribution is 0.0693. The van der Waals surface area contributed by atoms with E-state index in [4.69, 9.17) is 5.11 Å². The quantitative estimate of drug-likeness (QED) is 0.757. The highest BCUT2D eigenvalue weighted by molar-refractivity contribution is 6.06. The minimum Gasteiger partial charge on any atom is -0.507 e. The molecule has 0 saturated heterocycles. The van der Waals surface area contributed by atoms with Gasteiger partial charge in [0.05, 0.1) is 0 Å². The van der Waals surface area contributed by atoms with Gasteiger partial charge in [0.25, 0.3) is 5.91 Å². The van der Waals surface area contributed by atoms with Crippen molar-refractivity contribution in [1.82, 2.24) is 0 Å². The molecule has 0 saturated carbocycles. The summed E-state index contributed by atoms with van der Waals surface area (Å²) < 4.78 is 0. The molecule has 5 nitrogen and oxygen atoms in total. The first kappa shape index (κ1) is 14.6. The van der Waals surface area contributed by atoms with Crippen molar-refractivity contribution in [2.75, 3.05) is 5.32 Å². The molecule has 1 amide bonds.